The van der Waals surface area contributed by atoms with E-state index >= 15 is 0 Å². The number of hydrogen-bond acceptors (Lipinski definition) is 5. The zero-order valence-corrected chi connectivity index (χ0v) is 20.8. The molecule has 3 amide bonds. The molecule has 8 heteroatoms. The summed E-state index contributed by atoms with van der Waals surface area (Å²) in [4.78, 5) is 40.9. The largest absolute Gasteiger partial charge is 0.354 e. The summed E-state index contributed by atoms with van der Waals surface area (Å²) in [5.41, 5.74) is 12.1. The summed E-state index contributed by atoms with van der Waals surface area (Å²) >= 11 is 0. The minimum Gasteiger partial charge on any atom is -0.354 e. The molecule has 1 atom stereocenters. The number of carbonyl (C=O) groups excluding carboxylic acids is 3. The molecule has 2 saturated carbocycles. The number of carbonyl (C=O) groups is 3. The van der Waals surface area contributed by atoms with E-state index in [9.17, 15) is 14.4 Å². The van der Waals surface area contributed by atoms with Crippen LogP contribution in [0, 0.1) is 5.92 Å². The highest BCUT2D eigenvalue weighted by Gasteiger charge is 2.41. The van der Waals surface area contributed by atoms with Gasteiger partial charge in [0.2, 0.25) is 17.7 Å². The molecule has 4 rings (SSSR count). The summed E-state index contributed by atoms with van der Waals surface area (Å²) in [7, 11) is 0. The quantitative estimate of drug-likeness (QED) is 0.446. The minimum absolute atomic E-state index is 0.0887. The lowest BCUT2D eigenvalue weighted by Crippen LogP contribution is -2.58. The number of piperidine rings is 1. The van der Waals surface area contributed by atoms with Gasteiger partial charge in [0, 0.05) is 26.1 Å². The van der Waals surface area contributed by atoms with Gasteiger partial charge in [0.1, 0.15) is 6.04 Å². The molecule has 0 radical (unpaired) electrons. The van der Waals surface area contributed by atoms with Gasteiger partial charge in [-0.1, -0.05) is 56.0 Å². The number of benzene rings is 1. The van der Waals surface area contributed by atoms with E-state index in [1.54, 1.807) is 0 Å². The monoisotopic (exact) mass is 483 g/mol. The predicted molar refractivity (Wildman–Crippen MR) is 135 cm³/mol. The Morgan fingerprint density at radius 1 is 0.914 bits per heavy atom. The van der Waals surface area contributed by atoms with Crippen LogP contribution in [0.5, 0.6) is 0 Å². The Morgan fingerprint density at radius 2 is 1.49 bits per heavy atom. The molecule has 0 bridgehead atoms. The lowest BCUT2D eigenvalue weighted by Gasteiger charge is -2.37. The van der Waals surface area contributed by atoms with E-state index < -0.39 is 17.1 Å². The van der Waals surface area contributed by atoms with Crippen molar-refractivity contribution in [3.8, 4) is 0 Å². The molecule has 0 unspecified atom stereocenters. The van der Waals surface area contributed by atoms with Gasteiger partial charge in [-0.2, -0.15) is 0 Å². The SMILES string of the molecule is NC1(C(=O)N[C@H](Cc2ccccc2)C(=O)NCC2CCN(C(=O)C3(N)CCCC3)CC2)CCCC1. The van der Waals surface area contributed by atoms with Crippen LogP contribution >= 0.6 is 0 Å². The number of rotatable bonds is 8. The molecule has 1 saturated heterocycles. The Kier molecular flexibility index (Phi) is 8.12. The van der Waals surface area contributed by atoms with Gasteiger partial charge in [0.05, 0.1) is 11.1 Å². The zero-order valence-electron chi connectivity index (χ0n) is 20.8. The number of amides is 3. The number of nitrogens with one attached hydrogen (secondary N) is 2. The van der Waals surface area contributed by atoms with Crippen LogP contribution in [0.4, 0.5) is 0 Å². The normalized spacial score (nSPS) is 22.5. The van der Waals surface area contributed by atoms with Gasteiger partial charge in [0.25, 0.3) is 0 Å². The molecule has 1 aromatic carbocycles. The molecule has 2 aliphatic carbocycles. The van der Waals surface area contributed by atoms with Crippen molar-refractivity contribution >= 4 is 17.7 Å². The molecule has 1 aromatic rings. The molecule has 0 aromatic heterocycles. The Hall–Kier alpha value is -2.45. The van der Waals surface area contributed by atoms with Crippen molar-refractivity contribution in [3.63, 3.8) is 0 Å². The van der Waals surface area contributed by atoms with Crippen LogP contribution in [0.1, 0.15) is 69.8 Å². The topological polar surface area (TPSA) is 131 Å². The molecule has 35 heavy (non-hydrogen) atoms. The van der Waals surface area contributed by atoms with Crippen molar-refractivity contribution in [2.75, 3.05) is 19.6 Å². The Labute approximate surface area is 208 Å². The van der Waals surface area contributed by atoms with E-state index in [1.807, 2.05) is 35.2 Å². The predicted octanol–water partition coefficient (Wildman–Crippen LogP) is 1.61. The number of nitrogens with zero attached hydrogens (tertiary/aromatic N) is 1. The van der Waals surface area contributed by atoms with E-state index in [0.29, 0.717) is 44.8 Å². The van der Waals surface area contributed by atoms with Gasteiger partial charge in [-0.15, -0.1) is 0 Å². The van der Waals surface area contributed by atoms with Crippen LogP contribution in [0.3, 0.4) is 0 Å². The summed E-state index contributed by atoms with van der Waals surface area (Å²) < 4.78 is 0. The van der Waals surface area contributed by atoms with E-state index in [2.05, 4.69) is 10.6 Å². The van der Waals surface area contributed by atoms with Crippen LogP contribution in [-0.2, 0) is 20.8 Å². The molecule has 192 valence electrons. The van der Waals surface area contributed by atoms with Gasteiger partial charge in [0.15, 0.2) is 0 Å². The number of nitrogens with two attached hydrogens (primary N) is 2. The molecule has 8 nitrogen and oxygen atoms in total. The molecule has 0 spiro atoms. The maximum atomic E-state index is 13.2. The van der Waals surface area contributed by atoms with Crippen LogP contribution in [0.25, 0.3) is 0 Å². The third-order valence-electron chi connectivity index (χ3n) is 8.24. The van der Waals surface area contributed by atoms with Crippen LogP contribution in [0.2, 0.25) is 0 Å². The lowest BCUT2D eigenvalue weighted by molar-refractivity contribution is -0.138. The first kappa shape index (κ1) is 25.6. The lowest BCUT2D eigenvalue weighted by atomic mass is 9.92. The molecule has 6 N–H and O–H groups in total. The van der Waals surface area contributed by atoms with Crippen LogP contribution in [-0.4, -0.2) is 59.4 Å². The molecular formula is C27H41N5O3. The summed E-state index contributed by atoms with van der Waals surface area (Å²) in [6, 6.07) is 9.04. The fraction of sp³-hybridized carbons (Fsp3) is 0.667. The van der Waals surface area contributed by atoms with Crippen molar-refractivity contribution in [1.82, 2.24) is 15.5 Å². The fourth-order valence-electron chi connectivity index (χ4n) is 5.84. The molecule has 1 aliphatic heterocycles. The van der Waals surface area contributed by atoms with E-state index in [-0.39, 0.29) is 17.7 Å². The molecular weight excluding hydrogens is 442 g/mol. The maximum absolute atomic E-state index is 13.2. The van der Waals surface area contributed by atoms with E-state index in [4.69, 9.17) is 11.5 Å². The highest BCUT2D eigenvalue weighted by atomic mass is 16.2. The van der Waals surface area contributed by atoms with Crippen molar-refractivity contribution in [3.05, 3.63) is 35.9 Å². The zero-order chi connectivity index (χ0) is 24.9. The number of likely N-dealkylation sites (tertiary alicyclic amines) is 1. The average Bonchev–Trinajstić information content (AvgIpc) is 3.52. The van der Waals surface area contributed by atoms with Gasteiger partial charge in [-0.25, -0.2) is 0 Å². The van der Waals surface area contributed by atoms with Gasteiger partial charge in [-0.3, -0.25) is 14.4 Å². The molecule has 3 aliphatic rings. The maximum Gasteiger partial charge on any atom is 0.242 e. The minimum atomic E-state index is -0.881. The summed E-state index contributed by atoms with van der Waals surface area (Å²) in [6.45, 7) is 1.89. The first-order valence-electron chi connectivity index (χ1n) is 13.3. The molecule has 1 heterocycles. The van der Waals surface area contributed by atoms with E-state index in [1.165, 1.54) is 0 Å². The van der Waals surface area contributed by atoms with Crippen LogP contribution < -0.4 is 22.1 Å². The summed E-state index contributed by atoms with van der Waals surface area (Å²) in [6.07, 6.45) is 8.87. The van der Waals surface area contributed by atoms with Crippen molar-refractivity contribution in [1.29, 1.82) is 0 Å². The summed E-state index contributed by atoms with van der Waals surface area (Å²) in [5, 5.41) is 6.02. The summed E-state index contributed by atoms with van der Waals surface area (Å²) in [5.74, 6) is -0.0375. The Balaban J connectivity index is 1.30. The second-order valence-electron chi connectivity index (χ2n) is 10.9. The Morgan fingerprint density at radius 3 is 2.09 bits per heavy atom. The average molecular weight is 484 g/mol. The number of hydrogen-bond donors (Lipinski definition) is 4. The Bertz CT molecular complexity index is 885. The third kappa shape index (κ3) is 6.22. The smallest absolute Gasteiger partial charge is 0.242 e. The van der Waals surface area contributed by atoms with Crippen LogP contribution in [0.15, 0.2) is 30.3 Å². The highest BCUT2D eigenvalue weighted by Crippen LogP contribution is 2.30. The molecule has 3 fully saturated rings. The standard InChI is InChI=1S/C27H41N5O3/c28-26(12-4-5-13-26)24(34)31-22(18-20-8-2-1-3-9-20)23(33)30-19-21-10-16-32(17-11-21)25(35)27(29)14-6-7-15-27/h1-3,8-9,21-22H,4-7,10-19,28-29H2,(H,30,33)(H,31,34)/t22-/m1/s1. The van der Waals surface area contributed by atoms with Gasteiger partial charge in [-0.05, 0) is 50.0 Å². The first-order valence-corrected chi connectivity index (χ1v) is 13.3. The van der Waals surface area contributed by atoms with Crippen molar-refractivity contribution in [2.24, 2.45) is 17.4 Å². The van der Waals surface area contributed by atoms with Gasteiger partial charge >= 0.3 is 0 Å². The second-order valence-corrected chi connectivity index (χ2v) is 10.9. The third-order valence-corrected chi connectivity index (χ3v) is 8.24. The van der Waals surface area contributed by atoms with E-state index in [0.717, 1.165) is 56.9 Å². The second kappa shape index (κ2) is 11.1. The van der Waals surface area contributed by atoms with Gasteiger partial charge < -0.3 is 27.0 Å². The van der Waals surface area contributed by atoms with Crippen molar-refractivity contribution in [2.45, 2.75) is 87.7 Å². The highest BCUT2D eigenvalue weighted by molar-refractivity contribution is 5.92. The van der Waals surface area contributed by atoms with Crippen molar-refractivity contribution < 1.29 is 14.4 Å². The fourth-order valence-corrected chi connectivity index (χ4v) is 5.84. The first-order chi connectivity index (χ1) is 16.8.